The summed E-state index contributed by atoms with van der Waals surface area (Å²) in [5.41, 5.74) is 2.60. The largest absolute Gasteiger partial charge is 0.490 e. The van der Waals surface area contributed by atoms with E-state index >= 15 is 0 Å². The predicted octanol–water partition coefficient (Wildman–Crippen LogP) is 7.11. The zero-order valence-electron chi connectivity index (χ0n) is 30.4. The van der Waals surface area contributed by atoms with Crippen molar-refractivity contribution < 1.29 is 34.1 Å². The van der Waals surface area contributed by atoms with Gasteiger partial charge in [-0.25, -0.2) is 9.59 Å². The van der Waals surface area contributed by atoms with E-state index in [0.717, 1.165) is 35.6 Å². The highest BCUT2D eigenvalue weighted by atomic mass is 16.5. The lowest BCUT2D eigenvalue weighted by Crippen LogP contribution is -2.47. The van der Waals surface area contributed by atoms with Crippen molar-refractivity contribution in [2.45, 2.75) is 64.8 Å². The molecular weight excluding hydrogens is 660 g/mol. The van der Waals surface area contributed by atoms with Crippen molar-refractivity contribution in [1.29, 1.82) is 0 Å². The highest BCUT2D eigenvalue weighted by Crippen LogP contribution is 2.29. The van der Waals surface area contributed by atoms with Crippen LogP contribution in [0.15, 0.2) is 84.9 Å². The molecule has 0 saturated carbocycles. The molecule has 4 aromatic carbocycles. The fourth-order valence-corrected chi connectivity index (χ4v) is 6.52. The van der Waals surface area contributed by atoms with Gasteiger partial charge in [-0.1, -0.05) is 55.5 Å². The number of amides is 3. The predicted molar refractivity (Wildman–Crippen MR) is 203 cm³/mol. The Bertz CT molecular complexity index is 1830. The molecule has 5 rings (SSSR count). The van der Waals surface area contributed by atoms with Crippen LogP contribution in [0.1, 0.15) is 66.3 Å². The van der Waals surface area contributed by atoms with Gasteiger partial charge in [0.1, 0.15) is 5.75 Å². The van der Waals surface area contributed by atoms with Crippen LogP contribution < -0.4 is 15.4 Å². The van der Waals surface area contributed by atoms with Crippen LogP contribution in [0.25, 0.3) is 10.8 Å². The quantitative estimate of drug-likeness (QED) is 0.144. The van der Waals surface area contributed by atoms with Crippen LogP contribution in [0, 0.1) is 5.92 Å². The fourth-order valence-electron chi connectivity index (χ4n) is 6.52. The van der Waals surface area contributed by atoms with Gasteiger partial charge in [0.2, 0.25) is 0 Å². The fraction of sp³-hybridized carbons (Fsp3) is 0.390. The molecule has 4 N–H and O–H groups in total. The van der Waals surface area contributed by atoms with Gasteiger partial charge >= 0.3 is 12.0 Å². The van der Waals surface area contributed by atoms with E-state index in [1.54, 1.807) is 42.2 Å². The van der Waals surface area contributed by atoms with Crippen LogP contribution in [0.3, 0.4) is 0 Å². The maximum atomic E-state index is 14.5. The molecular formula is C41H50N4O7. The lowest BCUT2D eigenvalue weighted by Gasteiger charge is -2.36. The lowest BCUT2D eigenvalue weighted by molar-refractivity contribution is -0.0177. The number of urea groups is 1. The van der Waals surface area contributed by atoms with Gasteiger partial charge in [0.25, 0.3) is 5.91 Å². The van der Waals surface area contributed by atoms with E-state index in [-0.39, 0.29) is 36.2 Å². The molecule has 4 atom stereocenters. The van der Waals surface area contributed by atoms with Crippen LogP contribution in [-0.4, -0.2) is 89.5 Å². The maximum Gasteiger partial charge on any atom is 0.335 e. The van der Waals surface area contributed by atoms with E-state index in [1.807, 2.05) is 75.5 Å². The second kappa shape index (κ2) is 18.0. The van der Waals surface area contributed by atoms with Gasteiger partial charge in [0.05, 0.1) is 41.7 Å². The summed E-state index contributed by atoms with van der Waals surface area (Å²) in [4.78, 5) is 42.8. The number of ether oxygens (including phenoxy) is 2. The molecule has 3 amide bonds. The third-order valence-electron chi connectivity index (χ3n) is 9.49. The molecule has 0 bridgehead atoms. The standard InChI is InChI=1S/C41H50N4O7/c1-27-23-45(28(2)26-46)39(47)35-22-33(42-41(50)43-36-14-9-12-31-11-5-6-13-34(31)36)19-20-37(35)52-29(3)10-7-8-21-51-38(27)25-44(4)24-30-15-17-32(18-16-30)40(48)49/h5-6,9,11-20,22,27-29,38,46H,7-8,10,21,23-26H2,1-4H3,(H,48,49)(H2,42,43,50)/t27-,28+,29-,38+/m0/s1. The van der Waals surface area contributed by atoms with Gasteiger partial charge in [-0.3, -0.25) is 9.69 Å². The number of anilines is 2. The molecule has 52 heavy (non-hydrogen) atoms. The molecule has 0 radical (unpaired) electrons. The Hall–Kier alpha value is -4.97. The van der Waals surface area contributed by atoms with Gasteiger partial charge < -0.3 is 35.2 Å². The molecule has 1 heterocycles. The molecule has 1 aliphatic rings. The second-order valence-corrected chi connectivity index (χ2v) is 13.8. The van der Waals surface area contributed by atoms with Crippen LogP contribution >= 0.6 is 0 Å². The van der Waals surface area contributed by atoms with Crippen molar-refractivity contribution in [2.75, 3.05) is 44.0 Å². The topological polar surface area (TPSA) is 141 Å². The van der Waals surface area contributed by atoms with Crippen LogP contribution in [0.4, 0.5) is 16.2 Å². The number of aliphatic hydroxyl groups is 1. The number of carboxylic acids is 1. The summed E-state index contributed by atoms with van der Waals surface area (Å²) in [5.74, 6) is -0.986. The number of likely N-dealkylation sites (N-methyl/N-ethyl adjacent to an activating group) is 1. The van der Waals surface area contributed by atoms with Crippen molar-refractivity contribution in [1.82, 2.24) is 9.80 Å². The first-order valence-electron chi connectivity index (χ1n) is 17.9. The Kier molecular flexibility index (Phi) is 13.2. The lowest BCUT2D eigenvalue weighted by atomic mass is 10.0. The van der Waals surface area contributed by atoms with Gasteiger partial charge in [0, 0.05) is 43.2 Å². The Morgan fingerprint density at radius 1 is 0.981 bits per heavy atom. The molecule has 0 spiro atoms. The summed E-state index contributed by atoms with van der Waals surface area (Å²) in [7, 11) is 1.99. The van der Waals surface area contributed by atoms with Gasteiger partial charge in [-0.05, 0) is 87.5 Å². The van der Waals surface area contributed by atoms with Crippen molar-refractivity contribution in [3.05, 3.63) is 102 Å². The Morgan fingerprint density at radius 3 is 2.48 bits per heavy atom. The number of aromatic carboxylic acids is 1. The number of nitrogens with one attached hydrogen (secondary N) is 2. The maximum absolute atomic E-state index is 14.5. The number of benzene rings is 4. The van der Waals surface area contributed by atoms with Crippen molar-refractivity contribution >= 4 is 40.1 Å². The smallest absolute Gasteiger partial charge is 0.335 e. The minimum atomic E-state index is -0.962. The van der Waals surface area contributed by atoms with E-state index in [1.165, 1.54) is 0 Å². The Balaban J connectivity index is 1.37. The Labute approximate surface area is 305 Å². The number of carbonyl (C=O) groups is 3. The zero-order chi connectivity index (χ0) is 37.2. The van der Waals surface area contributed by atoms with E-state index in [2.05, 4.69) is 15.5 Å². The molecule has 0 fully saturated rings. The highest BCUT2D eigenvalue weighted by molar-refractivity contribution is 6.07. The number of rotatable bonds is 9. The molecule has 0 aromatic heterocycles. The number of hydrogen-bond donors (Lipinski definition) is 4. The summed E-state index contributed by atoms with van der Waals surface area (Å²) >= 11 is 0. The first-order chi connectivity index (χ1) is 25.0. The minimum absolute atomic E-state index is 0.117. The van der Waals surface area contributed by atoms with E-state index in [0.29, 0.717) is 48.9 Å². The number of aliphatic hydroxyl groups excluding tert-OH is 1. The highest BCUT2D eigenvalue weighted by Gasteiger charge is 2.30. The number of fused-ring (bicyclic) bond motifs is 2. The summed E-state index contributed by atoms with van der Waals surface area (Å²) in [6, 6.07) is 24.5. The first-order valence-corrected chi connectivity index (χ1v) is 17.9. The monoisotopic (exact) mass is 710 g/mol. The Morgan fingerprint density at radius 2 is 1.73 bits per heavy atom. The molecule has 0 saturated heterocycles. The summed E-state index contributed by atoms with van der Waals surface area (Å²) in [6.07, 6.45) is 2.06. The van der Waals surface area contributed by atoms with Gasteiger partial charge in [0.15, 0.2) is 0 Å². The van der Waals surface area contributed by atoms with Crippen molar-refractivity contribution in [3.8, 4) is 5.75 Å². The third-order valence-corrected chi connectivity index (χ3v) is 9.49. The normalized spacial score (nSPS) is 19.3. The zero-order valence-corrected chi connectivity index (χ0v) is 30.4. The van der Waals surface area contributed by atoms with Crippen LogP contribution in [0.5, 0.6) is 5.75 Å². The van der Waals surface area contributed by atoms with E-state index < -0.39 is 18.0 Å². The van der Waals surface area contributed by atoms with Gasteiger partial charge in [-0.2, -0.15) is 0 Å². The molecule has 1 aliphatic heterocycles. The molecule has 0 unspecified atom stereocenters. The van der Waals surface area contributed by atoms with Gasteiger partial charge in [-0.15, -0.1) is 0 Å². The molecule has 11 nitrogen and oxygen atoms in total. The molecule has 0 aliphatic carbocycles. The van der Waals surface area contributed by atoms with E-state index in [9.17, 15) is 24.6 Å². The summed E-state index contributed by atoms with van der Waals surface area (Å²) < 4.78 is 12.8. The molecule has 11 heteroatoms. The third kappa shape index (κ3) is 10.1. The number of nitrogens with zero attached hydrogens (tertiary/aromatic N) is 2. The van der Waals surface area contributed by atoms with Crippen LogP contribution in [-0.2, 0) is 11.3 Å². The van der Waals surface area contributed by atoms with Crippen molar-refractivity contribution in [3.63, 3.8) is 0 Å². The summed E-state index contributed by atoms with van der Waals surface area (Å²) in [5, 5.41) is 27.3. The SMILES string of the molecule is C[C@H](CO)N1C[C@H](C)[C@@H](CN(C)Cc2ccc(C(=O)O)cc2)OCCCC[C@H](C)Oc2ccc(NC(=O)Nc3cccc4ccccc34)cc2C1=O. The number of carbonyl (C=O) groups excluding carboxylic acids is 2. The molecule has 276 valence electrons. The summed E-state index contributed by atoms with van der Waals surface area (Å²) in [6.45, 7) is 7.61. The number of carboxylic acid groups (broad SMARTS) is 1. The average molecular weight is 711 g/mol. The second-order valence-electron chi connectivity index (χ2n) is 13.8. The van der Waals surface area contributed by atoms with Crippen molar-refractivity contribution in [2.24, 2.45) is 5.92 Å². The molecule has 4 aromatic rings. The first kappa shape index (κ1) is 38.3. The van der Waals surface area contributed by atoms with E-state index in [4.69, 9.17) is 9.47 Å². The average Bonchev–Trinajstić information content (AvgIpc) is 3.13. The van der Waals surface area contributed by atoms with Crippen LogP contribution in [0.2, 0.25) is 0 Å². The number of hydrogen-bond acceptors (Lipinski definition) is 7. The minimum Gasteiger partial charge on any atom is -0.490 e.